The Bertz CT molecular complexity index is 517. The molecule has 0 bridgehead atoms. The number of nitrogens with one attached hydrogen (secondary N) is 2. The quantitative estimate of drug-likeness (QED) is 0.488. The van der Waals surface area contributed by atoms with E-state index in [9.17, 15) is 15.2 Å². The predicted molar refractivity (Wildman–Crippen MR) is 75.7 cm³/mol. The largest absolute Gasteiger partial charge is 0.871 e. The van der Waals surface area contributed by atoms with Crippen molar-refractivity contribution in [2.75, 3.05) is 18.5 Å². The molecule has 1 atom stereocenters. The third kappa shape index (κ3) is 3.78. The van der Waals surface area contributed by atoms with Crippen molar-refractivity contribution in [3.8, 4) is 5.75 Å². The van der Waals surface area contributed by atoms with E-state index in [4.69, 9.17) is 17.0 Å². The van der Waals surface area contributed by atoms with E-state index >= 15 is 0 Å². The standard InChI is InChI=1S/C12H15N3O4S/c16-11-4-3-8(15(17)18)6-10(11)14-12(20)13-7-9-2-1-5-19-9/h3-4,6,9,16H,1-2,5,7H2,(H2,13,14,20)/p-1/t9-/m1/s1. The Morgan fingerprint density at radius 2 is 2.35 bits per heavy atom. The van der Waals surface area contributed by atoms with E-state index in [2.05, 4.69) is 10.6 Å². The van der Waals surface area contributed by atoms with Gasteiger partial charge in [0.2, 0.25) is 0 Å². The minimum absolute atomic E-state index is 0.0871. The molecular formula is C12H14N3O4S-. The number of hydrogen-bond acceptors (Lipinski definition) is 5. The Labute approximate surface area is 121 Å². The Morgan fingerprint density at radius 3 is 3.00 bits per heavy atom. The summed E-state index contributed by atoms with van der Waals surface area (Å²) >= 11 is 5.05. The van der Waals surface area contributed by atoms with E-state index in [1.54, 1.807) is 0 Å². The van der Waals surface area contributed by atoms with Crippen LogP contribution >= 0.6 is 12.2 Å². The van der Waals surface area contributed by atoms with Gasteiger partial charge in [-0.15, -0.1) is 0 Å². The number of anilines is 1. The van der Waals surface area contributed by atoms with E-state index < -0.39 is 4.92 Å². The smallest absolute Gasteiger partial charge is 0.271 e. The van der Waals surface area contributed by atoms with Gasteiger partial charge in [-0.25, -0.2) is 0 Å². The number of ether oxygens (including phenoxy) is 1. The van der Waals surface area contributed by atoms with Crippen molar-refractivity contribution in [3.05, 3.63) is 28.3 Å². The molecule has 1 fully saturated rings. The van der Waals surface area contributed by atoms with Crippen LogP contribution in [0.25, 0.3) is 0 Å². The number of nitrogens with zero attached hydrogens (tertiary/aromatic N) is 1. The number of hydrogen-bond donors (Lipinski definition) is 2. The molecule has 0 unspecified atom stereocenters. The molecule has 7 nitrogen and oxygen atoms in total. The SMILES string of the molecule is O=[N+]([O-])c1ccc([O-])c(NC(=S)NC[C@H]2CCCO2)c1. The van der Waals surface area contributed by atoms with Crippen LogP contribution in [0.4, 0.5) is 11.4 Å². The molecular weight excluding hydrogens is 282 g/mol. The highest BCUT2D eigenvalue weighted by atomic mass is 32.1. The van der Waals surface area contributed by atoms with Crippen molar-refractivity contribution >= 4 is 28.7 Å². The van der Waals surface area contributed by atoms with E-state index in [0.29, 0.717) is 6.54 Å². The maximum absolute atomic E-state index is 11.6. The number of benzene rings is 1. The molecule has 2 rings (SSSR count). The lowest BCUT2D eigenvalue weighted by Crippen LogP contribution is -2.35. The van der Waals surface area contributed by atoms with Crippen LogP contribution in [0.3, 0.4) is 0 Å². The predicted octanol–water partition coefficient (Wildman–Crippen LogP) is 1.13. The van der Waals surface area contributed by atoms with Crippen LogP contribution in [0.5, 0.6) is 5.75 Å². The van der Waals surface area contributed by atoms with Crippen molar-refractivity contribution < 1.29 is 14.8 Å². The lowest BCUT2D eigenvalue weighted by atomic mass is 10.2. The average molecular weight is 296 g/mol. The summed E-state index contributed by atoms with van der Waals surface area (Å²) in [5, 5.41) is 28.1. The molecule has 0 aliphatic carbocycles. The molecule has 0 radical (unpaired) electrons. The third-order valence-corrected chi connectivity index (χ3v) is 3.18. The molecule has 0 spiro atoms. The first-order valence-electron chi connectivity index (χ1n) is 6.18. The molecule has 0 amide bonds. The minimum atomic E-state index is -0.562. The fourth-order valence-electron chi connectivity index (χ4n) is 1.91. The monoisotopic (exact) mass is 296 g/mol. The summed E-state index contributed by atoms with van der Waals surface area (Å²) in [5.74, 6) is -0.350. The van der Waals surface area contributed by atoms with Crippen LogP contribution in [0.1, 0.15) is 12.8 Å². The van der Waals surface area contributed by atoms with Gasteiger partial charge in [-0.1, -0.05) is 11.8 Å². The normalized spacial score (nSPS) is 17.7. The molecule has 8 heteroatoms. The first kappa shape index (κ1) is 14.5. The summed E-state index contributed by atoms with van der Waals surface area (Å²) < 4.78 is 5.43. The van der Waals surface area contributed by atoms with Gasteiger partial charge in [0.05, 0.1) is 11.0 Å². The van der Waals surface area contributed by atoms with E-state index in [-0.39, 0.29) is 28.3 Å². The second-order valence-corrected chi connectivity index (χ2v) is 4.82. The summed E-state index contributed by atoms with van der Waals surface area (Å²) in [6.45, 7) is 1.30. The number of nitro groups is 1. The molecule has 1 heterocycles. The second-order valence-electron chi connectivity index (χ2n) is 4.41. The van der Waals surface area contributed by atoms with E-state index in [1.165, 1.54) is 6.07 Å². The molecule has 20 heavy (non-hydrogen) atoms. The molecule has 1 aromatic rings. The number of rotatable bonds is 4. The lowest BCUT2D eigenvalue weighted by molar-refractivity contribution is -0.385. The first-order valence-corrected chi connectivity index (χ1v) is 6.59. The average Bonchev–Trinajstić information content (AvgIpc) is 2.92. The number of nitro benzene ring substituents is 1. The van der Waals surface area contributed by atoms with Gasteiger partial charge in [-0.3, -0.25) is 10.1 Å². The minimum Gasteiger partial charge on any atom is -0.871 e. The molecule has 1 aliphatic heterocycles. The summed E-state index contributed by atoms with van der Waals surface area (Å²) in [5.41, 5.74) is -0.0712. The van der Waals surface area contributed by atoms with Crippen molar-refractivity contribution in [2.24, 2.45) is 0 Å². The van der Waals surface area contributed by atoms with Crippen LogP contribution in [-0.2, 0) is 4.74 Å². The summed E-state index contributed by atoms with van der Waals surface area (Å²) in [4.78, 5) is 10.1. The Hall–Kier alpha value is -1.93. The van der Waals surface area contributed by atoms with Crippen LogP contribution < -0.4 is 15.7 Å². The van der Waals surface area contributed by atoms with Gasteiger partial charge in [0.1, 0.15) is 0 Å². The fraction of sp³-hybridized carbons (Fsp3) is 0.417. The first-order chi connectivity index (χ1) is 9.56. The number of non-ortho nitro benzene ring substituents is 1. The zero-order chi connectivity index (χ0) is 14.5. The van der Waals surface area contributed by atoms with Crippen LogP contribution in [0.2, 0.25) is 0 Å². The number of thiocarbonyl (C=S) groups is 1. The summed E-state index contributed by atoms with van der Waals surface area (Å²) in [6.07, 6.45) is 2.12. The van der Waals surface area contributed by atoms with Gasteiger partial charge in [0.15, 0.2) is 5.11 Å². The highest BCUT2D eigenvalue weighted by Gasteiger charge is 2.15. The van der Waals surface area contributed by atoms with Crippen LogP contribution in [0.15, 0.2) is 18.2 Å². The zero-order valence-corrected chi connectivity index (χ0v) is 11.4. The summed E-state index contributed by atoms with van der Waals surface area (Å²) in [6, 6.07) is 3.47. The van der Waals surface area contributed by atoms with Crippen molar-refractivity contribution in [1.82, 2.24) is 5.32 Å². The highest BCUT2D eigenvalue weighted by Crippen LogP contribution is 2.25. The van der Waals surface area contributed by atoms with Gasteiger partial charge >= 0.3 is 0 Å². The van der Waals surface area contributed by atoms with Gasteiger partial charge in [0, 0.05) is 31.0 Å². The maximum Gasteiger partial charge on any atom is 0.271 e. The van der Waals surface area contributed by atoms with Gasteiger partial charge in [-0.2, -0.15) is 0 Å². The molecule has 108 valence electrons. The molecule has 0 aromatic heterocycles. The highest BCUT2D eigenvalue weighted by molar-refractivity contribution is 7.80. The fourth-order valence-corrected chi connectivity index (χ4v) is 2.10. The lowest BCUT2D eigenvalue weighted by Gasteiger charge is -2.17. The Kier molecular flexibility index (Phi) is 4.70. The maximum atomic E-state index is 11.6. The molecule has 2 N–H and O–H groups in total. The molecule has 1 aliphatic rings. The summed E-state index contributed by atoms with van der Waals surface area (Å²) in [7, 11) is 0. The van der Waals surface area contributed by atoms with Crippen LogP contribution in [0, 0.1) is 10.1 Å². The van der Waals surface area contributed by atoms with Gasteiger partial charge in [0.25, 0.3) is 5.69 Å². The topological polar surface area (TPSA) is 99.5 Å². The van der Waals surface area contributed by atoms with Gasteiger partial charge < -0.3 is 20.5 Å². The van der Waals surface area contributed by atoms with Crippen molar-refractivity contribution in [1.29, 1.82) is 0 Å². The van der Waals surface area contributed by atoms with Crippen molar-refractivity contribution in [3.63, 3.8) is 0 Å². The zero-order valence-electron chi connectivity index (χ0n) is 10.6. The van der Waals surface area contributed by atoms with Gasteiger partial charge in [-0.05, 0) is 25.1 Å². The Morgan fingerprint density at radius 1 is 1.55 bits per heavy atom. The van der Waals surface area contributed by atoms with E-state index in [1.807, 2.05) is 0 Å². The molecule has 1 saturated heterocycles. The third-order valence-electron chi connectivity index (χ3n) is 2.94. The Balaban J connectivity index is 1.92. The second kappa shape index (κ2) is 6.49. The molecule has 0 saturated carbocycles. The molecule has 1 aromatic carbocycles. The van der Waals surface area contributed by atoms with Crippen molar-refractivity contribution in [2.45, 2.75) is 18.9 Å². The van der Waals surface area contributed by atoms with E-state index in [0.717, 1.165) is 31.6 Å². The van der Waals surface area contributed by atoms with Crippen LogP contribution in [-0.4, -0.2) is 29.3 Å².